The second-order valence-corrected chi connectivity index (χ2v) is 8.22. The number of rotatable bonds is 6. The Balaban J connectivity index is 2.11. The molecule has 1 aliphatic heterocycles. The van der Waals surface area contributed by atoms with Gasteiger partial charge in [0.2, 0.25) is 0 Å². The number of carbonyl (C=O) groups excluding carboxylic acids is 1. The van der Waals surface area contributed by atoms with Gasteiger partial charge < -0.3 is 14.2 Å². The fourth-order valence-electron chi connectivity index (χ4n) is 3.80. The first-order chi connectivity index (χ1) is 14.1. The second kappa shape index (κ2) is 8.79. The summed E-state index contributed by atoms with van der Waals surface area (Å²) in [7, 11) is 1.59. The van der Waals surface area contributed by atoms with E-state index in [1.807, 2.05) is 0 Å². The first kappa shape index (κ1) is 22.3. The Morgan fingerprint density at radius 1 is 1.27 bits per heavy atom. The third-order valence-electron chi connectivity index (χ3n) is 5.20. The Kier molecular flexibility index (Phi) is 6.55. The quantitative estimate of drug-likeness (QED) is 0.604. The van der Waals surface area contributed by atoms with E-state index in [0.717, 1.165) is 17.1 Å². The highest BCUT2D eigenvalue weighted by molar-refractivity contribution is 6.00. The molecule has 1 saturated heterocycles. The number of amides is 1. The Morgan fingerprint density at radius 3 is 2.47 bits per heavy atom. The molecule has 4 nitrogen and oxygen atoms in total. The van der Waals surface area contributed by atoms with Crippen molar-refractivity contribution in [2.45, 2.75) is 33.0 Å². The van der Waals surface area contributed by atoms with Gasteiger partial charge in [0, 0.05) is 38.2 Å². The van der Waals surface area contributed by atoms with Crippen molar-refractivity contribution in [2.75, 3.05) is 26.8 Å². The summed E-state index contributed by atoms with van der Waals surface area (Å²) in [4.78, 5) is 14.8. The minimum atomic E-state index is -4.62. The second-order valence-electron chi connectivity index (χ2n) is 8.22. The predicted molar refractivity (Wildman–Crippen MR) is 106 cm³/mol. The van der Waals surface area contributed by atoms with Crippen LogP contribution in [0.3, 0.4) is 0 Å². The highest BCUT2D eigenvalue weighted by atomic mass is 19.4. The van der Waals surface area contributed by atoms with E-state index in [1.54, 1.807) is 20.9 Å². The van der Waals surface area contributed by atoms with Crippen LogP contribution < -0.4 is 0 Å². The number of halogens is 4. The molecule has 0 bridgehead atoms. The van der Waals surface area contributed by atoms with Crippen LogP contribution in [0.1, 0.15) is 36.5 Å². The van der Waals surface area contributed by atoms with Crippen LogP contribution in [0.25, 0.3) is 11.1 Å². The predicted octanol–water partition coefficient (Wildman–Crippen LogP) is 5.08. The lowest BCUT2D eigenvalue weighted by molar-refractivity contribution is -0.143. The third-order valence-corrected chi connectivity index (χ3v) is 5.20. The van der Waals surface area contributed by atoms with Gasteiger partial charge in [-0.25, -0.2) is 4.39 Å². The SMILES string of the molecule is CC(C)Cn1c(C(F)(F)F)cc(-c2ccc(F)cc2)c1C(=O)N(C)CC1CCOC1. The number of nitrogens with zero attached hydrogens (tertiary/aromatic N) is 2. The molecule has 0 spiro atoms. The molecule has 1 amide bonds. The van der Waals surface area contributed by atoms with E-state index in [4.69, 9.17) is 4.74 Å². The first-order valence-electron chi connectivity index (χ1n) is 9.97. The van der Waals surface area contributed by atoms with E-state index in [2.05, 4.69) is 0 Å². The number of benzene rings is 1. The van der Waals surface area contributed by atoms with Crippen LogP contribution in [0, 0.1) is 17.7 Å². The summed E-state index contributed by atoms with van der Waals surface area (Å²) in [6.45, 7) is 5.18. The highest BCUT2D eigenvalue weighted by Gasteiger charge is 2.39. The van der Waals surface area contributed by atoms with Gasteiger partial charge in [-0.2, -0.15) is 13.2 Å². The van der Waals surface area contributed by atoms with Crippen LogP contribution in [0.5, 0.6) is 0 Å². The number of hydrogen-bond acceptors (Lipinski definition) is 2. The number of hydrogen-bond donors (Lipinski definition) is 0. The third kappa shape index (κ3) is 4.86. The molecular weight excluding hydrogens is 400 g/mol. The van der Waals surface area contributed by atoms with Crippen molar-refractivity contribution in [2.24, 2.45) is 11.8 Å². The van der Waals surface area contributed by atoms with Gasteiger partial charge in [-0.15, -0.1) is 0 Å². The molecule has 0 N–H and O–H groups in total. The number of aromatic nitrogens is 1. The van der Waals surface area contributed by atoms with Gasteiger partial charge in [0.1, 0.15) is 17.2 Å². The molecule has 2 aromatic rings. The van der Waals surface area contributed by atoms with Crippen molar-refractivity contribution < 1.29 is 27.1 Å². The zero-order chi connectivity index (χ0) is 22.1. The standard InChI is InChI=1S/C22H26F4N2O2/c1-14(2)11-28-19(22(24,25)26)10-18(16-4-6-17(23)7-5-16)20(28)21(29)27(3)12-15-8-9-30-13-15/h4-7,10,14-15H,8-9,11-13H2,1-3H3. The molecule has 3 rings (SSSR count). The smallest absolute Gasteiger partial charge is 0.381 e. The molecule has 0 aliphatic carbocycles. The Labute approximate surface area is 173 Å². The maximum atomic E-state index is 13.8. The van der Waals surface area contributed by atoms with E-state index in [0.29, 0.717) is 25.3 Å². The van der Waals surface area contributed by atoms with Crippen molar-refractivity contribution in [1.82, 2.24) is 9.47 Å². The zero-order valence-corrected chi connectivity index (χ0v) is 17.3. The molecule has 1 aromatic heterocycles. The fourth-order valence-corrected chi connectivity index (χ4v) is 3.80. The summed E-state index contributed by atoms with van der Waals surface area (Å²) in [5.41, 5.74) is -0.381. The lowest BCUT2D eigenvalue weighted by Gasteiger charge is -2.23. The summed E-state index contributed by atoms with van der Waals surface area (Å²) >= 11 is 0. The number of alkyl halides is 3. The molecule has 1 fully saturated rings. The van der Waals surface area contributed by atoms with Crippen molar-refractivity contribution in [3.8, 4) is 11.1 Å². The van der Waals surface area contributed by atoms with Gasteiger partial charge in [-0.3, -0.25) is 4.79 Å². The lowest BCUT2D eigenvalue weighted by atomic mass is 10.0. The average Bonchev–Trinajstić information content (AvgIpc) is 3.29. The van der Waals surface area contributed by atoms with E-state index in [9.17, 15) is 22.4 Å². The molecule has 0 radical (unpaired) electrons. The lowest BCUT2D eigenvalue weighted by Crippen LogP contribution is -2.34. The largest absolute Gasteiger partial charge is 0.431 e. The molecule has 1 aliphatic rings. The van der Waals surface area contributed by atoms with Crippen molar-refractivity contribution in [1.29, 1.82) is 0 Å². The van der Waals surface area contributed by atoms with E-state index in [1.165, 1.54) is 29.2 Å². The molecule has 30 heavy (non-hydrogen) atoms. The van der Waals surface area contributed by atoms with Gasteiger partial charge >= 0.3 is 6.18 Å². The van der Waals surface area contributed by atoms with Crippen molar-refractivity contribution in [3.63, 3.8) is 0 Å². The maximum absolute atomic E-state index is 13.8. The van der Waals surface area contributed by atoms with Gasteiger partial charge in [0.15, 0.2) is 0 Å². The number of carbonyl (C=O) groups is 1. The topological polar surface area (TPSA) is 34.5 Å². The van der Waals surface area contributed by atoms with Crippen LogP contribution in [0.2, 0.25) is 0 Å². The van der Waals surface area contributed by atoms with E-state index >= 15 is 0 Å². The van der Waals surface area contributed by atoms with Gasteiger partial charge in [-0.1, -0.05) is 26.0 Å². The first-order valence-corrected chi connectivity index (χ1v) is 9.97. The van der Waals surface area contributed by atoms with Crippen LogP contribution >= 0.6 is 0 Å². The molecule has 8 heteroatoms. The molecule has 0 saturated carbocycles. The minimum Gasteiger partial charge on any atom is -0.381 e. The van der Waals surface area contributed by atoms with Crippen molar-refractivity contribution in [3.05, 3.63) is 47.5 Å². The van der Waals surface area contributed by atoms with Crippen molar-refractivity contribution >= 4 is 5.91 Å². The van der Waals surface area contributed by atoms with Gasteiger partial charge in [0.25, 0.3) is 5.91 Å². The summed E-state index contributed by atoms with van der Waals surface area (Å²) in [6.07, 6.45) is -3.82. The molecule has 164 valence electrons. The highest BCUT2D eigenvalue weighted by Crippen LogP contribution is 2.38. The Bertz CT molecular complexity index is 882. The van der Waals surface area contributed by atoms with E-state index in [-0.39, 0.29) is 29.6 Å². The summed E-state index contributed by atoms with van der Waals surface area (Å²) in [5.74, 6) is -0.941. The molecule has 1 atom stereocenters. The average molecular weight is 426 g/mol. The van der Waals surface area contributed by atoms with Gasteiger partial charge in [-0.05, 0) is 36.1 Å². The summed E-state index contributed by atoms with van der Waals surface area (Å²) in [6, 6.07) is 6.14. The summed E-state index contributed by atoms with van der Waals surface area (Å²) in [5, 5.41) is 0. The molecule has 1 aromatic carbocycles. The van der Waals surface area contributed by atoms with Crippen LogP contribution in [0.15, 0.2) is 30.3 Å². The minimum absolute atomic E-state index is 0.0240. The van der Waals surface area contributed by atoms with Crippen LogP contribution in [-0.2, 0) is 17.5 Å². The summed E-state index contributed by atoms with van der Waals surface area (Å²) < 4.78 is 61.3. The normalized spacial score (nSPS) is 17.0. The molecular formula is C22H26F4N2O2. The van der Waals surface area contributed by atoms with Crippen LogP contribution in [0.4, 0.5) is 17.6 Å². The Hall–Kier alpha value is -2.35. The maximum Gasteiger partial charge on any atom is 0.431 e. The zero-order valence-electron chi connectivity index (χ0n) is 17.3. The van der Waals surface area contributed by atoms with E-state index < -0.39 is 23.6 Å². The molecule has 1 unspecified atom stereocenters. The monoisotopic (exact) mass is 426 g/mol. The Morgan fingerprint density at radius 2 is 1.93 bits per heavy atom. The molecule has 2 heterocycles. The number of ether oxygens (including phenoxy) is 1. The van der Waals surface area contributed by atoms with Gasteiger partial charge in [0.05, 0.1) is 6.61 Å². The van der Waals surface area contributed by atoms with Crippen LogP contribution in [-0.4, -0.2) is 42.2 Å². The fraction of sp³-hybridized carbons (Fsp3) is 0.500.